The van der Waals surface area contributed by atoms with Crippen molar-refractivity contribution in [3.63, 3.8) is 0 Å². The Balaban J connectivity index is 2.24. The summed E-state index contributed by atoms with van der Waals surface area (Å²) in [4.78, 5) is 3.75. The number of halogens is 2. The van der Waals surface area contributed by atoms with E-state index in [1.807, 2.05) is 6.92 Å². The Kier molecular flexibility index (Phi) is 4.92. The SMILES string of the molecule is CCOc1ccc(NS(=O)(=O)c2ccc(Cl)nc2)cc1Cl. The van der Waals surface area contributed by atoms with Gasteiger partial charge in [0.1, 0.15) is 15.8 Å². The molecule has 0 saturated carbocycles. The van der Waals surface area contributed by atoms with Gasteiger partial charge in [-0.2, -0.15) is 0 Å². The van der Waals surface area contributed by atoms with Gasteiger partial charge in [0, 0.05) is 6.20 Å². The highest BCUT2D eigenvalue weighted by Gasteiger charge is 2.15. The summed E-state index contributed by atoms with van der Waals surface area (Å²) in [6.07, 6.45) is 1.18. The Morgan fingerprint density at radius 1 is 1.24 bits per heavy atom. The molecule has 112 valence electrons. The number of pyridine rings is 1. The molecule has 0 radical (unpaired) electrons. The number of sulfonamides is 1. The van der Waals surface area contributed by atoms with Crippen LogP contribution in [0.25, 0.3) is 0 Å². The minimum Gasteiger partial charge on any atom is -0.492 e. The molecule has 0 unspecified atom stereocenters. The number of aromatic nitrogens is 1. The fraction of sp³-hybridized carbons (Fsp3) is 0.154. The van der Waals surface area contributed by atoms with Crippen molar-refractivity contribution < 1.29 is 13.2 Å². The van der Waals surface area contributed by atoms with E-state index in [4.69, 9.17) is 27.9 Å². The maximum Gasteiger partial charge on any atom is 0.263 e. The van der Waals surface area contributed by atoms with Gasteiger partial charge < -0.3 is 4.74 Å². The Hall–Kier alpha value is -1.50. The van der Waals surface area contributed by atoms with Crippen molar-refractivity contribution >= 4 is 38.9 Å². The zero-order valence-corrected chi connectivity index (χ0v) is 13.3. The summed E-state index contributed by atoms with van der Waals surface area (Å²) < 4.78 is 32.0. The Labute approximate surface area is 132 Å². The third-order valence-corrected chi connectivity index (χ3v) is 4.38. The smallest absolute Gasteiger partial charge is 0.263 e. The van der Waals surface area contributed by atoms with Crippen LogP contribution in [0.5, 0.6) is 5.75 Å². The molecule has 0 atom stereocenters. The molecule has 1 heterocycles. The highest BCUT2D eigenvalue weighted by atomic mass is 35.5. The van der Waals surface area contributed by atoms with E-state index in [1.165, 1.54) is 24.4 Å². The zero-order chi connectivity index (χ0) is 15.5. The molecule has 0 fully saturated rings. The lowest BCUT2D eigenvalue weighted by molar-refractivity contribution is 0.340. The van der Waals surface area contributed by atoms with Crippen molar-refractivity contribution in [1.82, 2.24) is 4.98 Å². The lowest BCUT2D eigenvalue weighted by atomic mass is 10.3. The van der Waals surface area contributed by atoms with Crippen molar-refractivity contribution in [1.29, 1.82) is 0 Å². The Morgan fingerprint density at radius 3 is 2.57 bits per heavy atom. The van der Waals surface area contributed by atoms with E-state index in [-0.39, 0.29) is 10.0 Å². The molecule has 21 heavy (non-hydrogen) atoms. The molecule has 1 N–H and O–H groups in total. The van der Waals surface area contributed by atoms with E-state index >= 15 is 0 Å². The van der Waals surface area contributed by atoms with Crippen LogP contribution in [0.2, 0.25) is 10.2 Å². The largest absolute Gasteiger partial charge is 0.492 e. The number of nitrogens with one attached hydrogen (secondary N) is 1. The van der Waals surface area contributed by atoms with Crippen LogP contribution in [0, 0.1) is 0 Å². The second kappa shape index (κ2) is 6.51. The summed E-state index contributed by atoms with van der Waals surface area (Å²) in [5.74, 6) is 0.496. The Morgan fingerprint density at radius 2 is 2.00 bits per heavy atom. The molecule has 0 spiro atoms. The first-order chi connectivity index (χ1) is 9.92. The molecule has 0 saturated heterocycles. The quantitative estimate of drug-likeness (QED) is 0.840. The molecule has 1 aromatic heterocycles. The third-order valence-electron chi connectivity index (χ3n) is 2.49. The predicted molar refractivity (Wildman–Crippen MR) is 82.7 cm³/mol. The maximum atomic E-state index is 12.2. The van der Waals surface area contributed by atoms with Crippen LogP contribution < -0.4 is 9.46 Å². The molecule has 0 amide bonds. The van der Waals surface area contributed by atoms with E-state index in [0.717, 1.165) is 0 Å². The average Bonchev–Trinajstić information content (AvgIpc) is 2.42. The Bertz CT molecular complexity index is 734. The van der Waals surface area contributed by atoms with E-state index in [0.29, 0.717) is 23.1 Å². The lowest BCUT2D eigenvalue weighted by Crippen LogP contribution is -2.13. The number of anilines is 1. The summed E-state index contributed by atoms with van der Waals surface area (Å²) in [6, 6.07) is 7.42. The van der Waals surface area contributed by atoms with E-state index in [9.17, 15) is 8.42 Å². The summed E-state index contributed by atoms with van der Waals surface area (Å²) in [5, 5.41) is 0.546. The molecule has 2 aromatic rings. The van der Waals surface area contributed by atoms with E-state index < -0.39 is 10.0 Å². The van der Waals surface area contributed by atoms with Crippen LogP contribution in [-0.2, 0) is 10.0 Å². The number of ether oxygens (including phenoxy) is 1. The maximum absolute atomic E-state index is 12.2. The van der Waals surface area contributed by atoms with Crippen LogP contribution in [0.15, 0.2) is 41.4 Å². The average molecular weight is 347 g/mol. The van der Waals surface area contributed by atoms with Crippen molar-refractivity contribution in [3.8, 4) is 5.75 Å². The first-order valence-corrected chi connectivity index (χ1v) is 8.23. The number of rotatable bonds is 5. The number of benzene rings is 1. The molecule has 0 aliphatic carbocycles. The molecular weight excluding hydrogens is 335 g/mol. The molecule has 0 aliphatic heterocycles. The molecule has 0 bridgehead atoms. The summed E-state index contributed by atoms with van der Waals surface area (Å²) in [7, 11) is -3.74. The standard InChI is InChI=1S/C13H12Cl2N2O3S/c1-2-20-12-5-3-9(7-11(12)14)17-21(18,19)10-4-6-13(15)16-8-10/h3-8,17H,2H2,1H3. The second-order valence-electron chi connectivity index (χ2n) is 4.00. The van der Waals surface area contributed by atoms with Crippen LogP contribution in [-0.4, -0.2) is 20.0 Å². The van der Waals surface area contributed by atoms with Crippen LogP contribution in [0.3, 0.4) is 0 Å². The number of hydrogen-bond acceptors (Lipinski definition) is 4. The van der Waals surface area contributed by atoms with Crippen LogP contribution >= 0.6 is 23.2 Å². The molecule has 1 aromatic carbocycles. The summed E-state index contributed by atoms with van der Waals surface area (Å²) >= 11 is 11.6. The van der Waals surface area contributed by atoms with Crippen molar-refractivity contribution in [2.75, 3.05) is 11.3 Å². The highest BCUT2D eigenvalue weighted by Crippen LogP contribution is 2.28. The van der Waals surface area contributed by atoms with Gasteiger partial charge in [-0.3, -0.25) is 4.72 Å². The first-order valence-electron chi connectivity index (χ1n) is 5.99. The van der Waals surface area contributed by atoms with Gasteiger partial charge in [0.25, 0.3) is 10.0 Å². The molecule has 5 nitrogen and oxygen atoms in total. The van der Waals surface area contributed by atoms with Crippen LogP contribution in [0.4, 0.5) is 5.69 Å². The summed E-state index contributed by atoms with van der Waals surface area (Å²) in [6.45, 7) is 2.31. The monoisotopic (exact) mass is 346 g/mol. The lowest BCUT2D eigenvalue weighted by Gasteiger charge is -2.10. The van der Waals surface area contributed by atoms with Crippen LogP contribution in [0.1, 0.15) is 6.92 Å². The second-order valence-corrected chi connectivity index (χ2v) is 6.48. The summed E-state index contributed by atoms with van der Waals surface area (Å²) in [5.41, 5.74) is 0.332. The predicted octanol–water partition coefficient (Wildman–Crippen LogP) is 3.59. The van der Waals surface area contributed by atoms with E-state index in [2.05, 4.69) is 9.71 Å². The molecule has 0 aliphatic rings. The van der Waals surface area contributed by atoms with Gasteiger partial charge in [-0.1, -0.05) is 23.2 Å². The van der Waals surface area contributed by atoms with Crippen molar-refractivity contribution in [2.24, 2.45) is 0 Å². The number of nitrogens with zero attached hydrogens (tertiary/aromatic N) is 1. The minimum absolute atomic E-state index is 0.0110. The van der Waals surface area contributed by atoms with Gasteiger partial charge >= 0.3 is 0 Å². The molecular formula is C13H12Cl2N2O3S. The van der Waals surface area contributed by atoms with Crippen molar-refractivity contribution in [2.45, 2.75) is 11.8 Å². The topological polar surface area (TPSA) is 68.3 Å². The van der Waals surface area contributed by atoms with Gasteiger partial charge in [-0.15, -0.1) is 0 Å². The highest BCUT2D eigenvalue weighted by molar-refractivity contribution is 7.92. The fourth-order valence-corrected chi connectivity index (χ4v) is 2.91. The van der Waals surface area contributed by atoms with Gasteiger partial charge in [-0.05, 0) is 37.3 Å². The number of hydrogen-bond donors (Lipinski definition) is 1. The van der Waals surface area contributed by atoms with Gasteiger partial charge in [0.05, 0.1) is 17.3 Å². The fourth-order valence-electron chi connectivity index (χ4n) is 1.57. The third kappa shape index (κ3) is 4.00. The van der Waals surface area contributed by atoms with E-state index in [1.54, 1.807) is 12.1 Å². The molecule has 8 heteroatoms. The van der Waals surface area contributed by atoms with Gasteiger partial charge in [0.15, 0.2) is 0 Å². The first kappa shape index (κ1) is 15.9. The van der Waals surface area contributed by atoms with Crippen molar-refractivity contribution in [3.05, 3.63) is 46.7 Å². The minimum atomic E-state index is -3.74. The van der Waals surface area contributed by atoms with Gasteiger partial charge in [0.2, 0.25) is 0 Å². The molecule has 2 rings (SSSR count). The zero-order valence-electron chi connectivity index (χ0n) is 11.0. The normalized spacial score (nSPS) is 11.2. The van der Waals surface area contributed by atoms with Gasteiger partial charge in [-0.25, -0.2) is 13.4 Å².